The Morgan fingerprint density at radius 3 is 3.00 bits per heavy atom. The first kappa shape index (κ1) is 9.40. The molecule has 0 aromatic carbocycles. The van der Waals surface area contributed by atoms with Gasteiger partial charge in [0, 0.05) is 31.3 Å². The molecule has 1 aliphatic rings. The number of ether oxygens (including phenoxy) is 1. The normalized spacial score (nSPS) is 27.9. The summed E-state index contributed by atoms with van der Waals surface area (Å²) in [7, 11) is 2.12. The number of likely N-dealkylation sites (N-methyl/N-ethyl adjacent to an activating group) is 1. The predicted octanol–water partition coefficient (Wildman–Crippen LogP) is 0.948. The molecule has 0 N–H and O–H groups in total. The molecule has 76 valence electrons. The van der Waals surface area contributed by atoms with Gasteiger partial charge in [-0.15, -0.1) is 0 Å². The SMILES string of the molecule is CC1CC(Oc2ccncn2)CN1C. The fourth-order valence-corrected chi connectivity index (χ4v) is 1.74. The van der Waals surface area contributed by atoms with Crippen molar-refractivity contribution in [2.75, 3.05) is 13.6 Å². The second kappa shape index (κ2) is 3.92. The first-order valence-corrected chi connectivity index (χ1v) is 4.88. The summed E-state index contributed by atoms with van der Waals surface area (Å²) in [6.07, 6.45) is 4.55. The van der Waals surface area contributed by atoms with Crippen LogP contribution < -0.4 is 4.74 Å². The fourth-order valence-electron chi connectivity index (χ4n) is 1.74. The summed E-state index contributed by atoms with van der Waals surface area (Å²) in [6.45, 7) is 3.19. The third-order valence-electron chi connectivity index (χ3n) is 2.69. The van der Waals surface area contributed by atoms with Gasteiger partial charge in [0.05, 0.1) is 0 Å². The minimum Gasteiger partial charge on any atom is -0.473 e. The van der Waals surface area contributed by atoms with E-state index in [1.165, 1.54) is 6.33 Å². The van der Waals surface area contributed by atoms with Crippen LogP contribution in [0.3, 0.4) is 0 Å². The van der Waals surface area contributed by atoms with Crippen LogP contribution in [0.1, 0.15) is 13.3 Å². The number of aromatic nitrogens is 2. The van der Waals surface area contributed by atoms with Crippen LogP contribution in [0.5, 0.6) is 5.88 Å². The van der Waals surface area contributed by atoms with E-state index in [0.717, 1.165) is 13.0 Å². The van der Waals surface area contributed by atoms with Crippen molar-refractivity contribution in [1.29, 1.82) is 0 Å². The summed E-state index contributed by atoms with van der Waals surface area (Å²) in [4.78, 5) is 10.2. The molecule has 0 saturated carbocycles. The van der Waals surface area contributed by atoms with Gasteiger partial charge in [-0.1, -0.05) is 0 Å². The Balaban J connectivity index is 1.94. The van der Waals surface area contributed by atoms with E-state index in [1.54, 1.807) is 12.3 Å². The highest BCUT2D eigenvalue weighted by Gasteiger charge is 2.27. The molecular weight excluding hydrogens is 178 g/mol. The van der Waals surface area contributed by atoms with Gasteiger partial charge in [-0.05, 0) is 14.0 Å². The zero-order valence-electron chi connectivity index (χ0n) is 8.55. The average molecular weight is 193 g/mol. The van der Waals surface area contributed by atoms with Crippen molar-refractivity contribution in [3.05, 3.63) is 18.6 Å². The van der Waals surface area contributed by atoms with E-state index >= 15 is 0 Å². The first-order chi connectivity index (χ1) is 6.75. The average Bonchev–Trinajstić information content (AvgIpc) is 2.47. The van der Waals surface area contributed by atoms with Crippen LogP contribution in [0.2, 0.25) is 0 Å². The van der Waals surface area contributed by atoms with Crippen LogP contribution >= 0.6 is 0 Å². The Morgan fingerprint density at radius 2 is 2.43 bits per heavy atom. The van der Waals surface area contributed by atoms with Crippen LogP contribution in [0, 0.1) is 0 Å². The quantitative estimate of drug-likeness (QED) is 0.701. The Kier molecular flexibility index (Phi) is 2.63. The molecule has 2 heterocycles. The number of rotatable bonds is 2. The number of nitrogens with zero attached hydrogens (tertiary/aromatic N) is 3. The minimum absolute atomic E-state index is 0.268. The van der Waals surface area contributed by atoms with Crippen LogP contribution in [-0.4, -0.2) is 40.6 Å². The topological polar surface area (TPSA) is 38.3 Å². The maximum absolute atomic E-state index is 5.72. The van der Waals surface area contributed by atoms with Crippen LogP contribution in [0.15, 0.2) is 18.6 Å². The molecular formula is C10H15N3O. The molecule has 0 amide bonds. The molecule has 4 heteroatoms. The Labute approximate surface area is 83.9 Å². The number of hydrogen-bond acceptors (Lipinski definition) is 4. The smallest absolute Gasteiger partial charge is 0.216 e. The van der Waals surface area contributed by atoms with Gasteiger partial charge < -0.3 is 4.74 Å². The van der Waals surface area contributed by atoms with Crippen molar-refractivity contribution in [2.24, 2.45) is 0 Å². The maximum atomic E-state index is 5.72. The zero-order valence-corrected chi connectivity index (χ0v) is 8.55. The van der Waals surface area contributed by atoms with E-state index in [4.69, 9.17) is 4.74 Å². The summed E-state index contributed by atoms with van der Waals surface area (Å²) < 4.78 is 5.72. The Bertz CT molecular complexity index is 281. The van der Waals surface area contributed by atoms with E-state index in [9.17, 15) is 0 Å². The summed E-state index contributed by atoms with van der Waals surface area (Å²) in [5, 5.41) is 0. The minimum atomic E-state index is 0.268. The molecule has 2 unspecified atom stereocenters. The van der Waals surface area contributed by atoms with Gasteiger partial charge in [-0.25, -0.2) is 9.97 Å². The molecule has 0 bridgehead atoms. The molecule has 1 fully saturated rings. The molecule has 0 spiro atoms. The lowest BCUT2D eigenvalue weighted by Crippen LogP contribution is -2.23. The third-order valence-corrected chi connectivity index (χ3v) is 2.69. The molecule has 1 aromatic heterocycles. The second-order valence-electron chi connectivity index (χ2n) is 3.81. The van der Waals surface area contributed by atoms with Gasteiger partial charge >= 0.3 is 0 Å². The van der Waals surface area contributed by atoms with E-state index in [-0.39, 0.29) is 6.10 Å². The second-order valence-corrected chi connectivity index (χ2v) is 3.81. The lowest BCUT2D eigenvalue weighted by atomic mass is 10.2. The van der Waals surface area contributed by atoms with Gasteiger partial charge in [-0.3, -0.25) is 4.90 Å². The highest BCUT2D eigenvalue weighted by molar-refractivity contribution is 5.05. The van der Waals surface area contributed by atoms with E-state index < -0.39 is 0 Å². The Morgan fingerprint density at radius 1 is 1.57 bits per heavy atom. The predicted molar refractivity (Wildman–Crippen MR) is 53.2 cm³/mol. The lowest BCUT2D eigenvalue weighted by molar-refractivity contribution is 0.199. The highest BCUT2D eigenvalue weighted by Crippen LogP contribution is 2.19. The largest absolute Gasteiger partial charge is 0.473 e. The maximum Gasteiger partial charge on any atom is 0.216 e. The van der Waals surface area contributed by atoms with Gasteiger partial charge in [0.25, 0.3) is 0 Å². The van der Waals surface area contributed by atoms with E-state index in [0.29, 0.717) is 11.9 Å². The van der Waals surface area contributed by atoms with Gasteiger partial charge in [0.1, 0.15) is 12.4 Å². The first-order valence-electron chi connectivity index (χ1n) is 4.88. The monoisotopic (exact) mass is 193 g/mol. The molecule has 4 nitrogen and oxygen atoms in total. The highest BCUT2D eigenvalue weighted by atomic mass is 16.5. The van der Waals surface area contributed by atoms with Crippen LogP contribution in [0.25, 0.3) is 0 Å². The van der Waals surface area contributed by atoms with Crippen molar-refractivity contribution in [2.45, 2.75) is 25.5 Å². The molecule has 1 aliphatic heterocycles. The van der Waals surface area contributed by atoms with E-state index in [2.05, 4.69) is 28.8 Å². The molecule has 2 rings (SSSR count). The zero-order chi connectivity index (χ0) is 9.97. The molecule has 1 saturated heterocycles. The third kappa shape index (κ3) is 2.01. The fraction of sp³-hybridized carbons (Fsp3) is 0.600. The van der Waals surface area contributed by atoms with Gasteiger partial charge in [0.15, 0.2) is 0 Å². The van der Waals surface area contributed by atoms with E-state index in [1.807, 2.05) is 0 Å². The summed E-state index contributed by atoms with van der Waals surface area (Å²) in [6, 6.07) is 2.39. The van der Waals surface area contributed by atoms with Crippen molar-refractivity contribution in [3.63, 3.8) is 0 Å². The van der Waals surface area contributed by atoms with Crippen molar-refractivity contribution >= 4 is 0 Å². The summed E-state index contributed by atoms with van der Waals surface area (Å²) in [5.41, 5.74) is 0. The Hall–Kier alpha value is -1.16. The van der Waals surface area contributed by atoms with Gasteiger partial charge in [0.2, 0.25) is 5.88 Å². The van der Waals surface area contributed by atoms with Crippen molar-refractivity contribution in [1.82, 2.24) is 14.9 Å². The number of hydrogen-bond donors (Lipinski definition) is 0. The molecule has 2 atom stereocenters. The summed E-state index contributed by atoms with van der Waals surface area (Å²) in [5.74, 6) is 0.674. The lowest BCUT2D eigenvalue weighted by Gasteiger charge is -2.12. The van der Waals surface area contributed by atoms with Crippen molar-refractivity contribution in [3.8, 4) is 5.88 Å². The van der Waals surface area contributed by atoms with Gasteiger partial charge in [-0.2, -0.15) is 0 Å². The van der Waals surface area contributed by atoms with Crippen molar-refractivity contribution < 1.29 is 4.74 Å². The molecule has 0 aliphatic carbocycles. The molecule has 14 heavy (non-hydrogen) atoms. The number of likely N-dealkylation sites (tertiary alicyclic amines) is 1. The summed E-state index contributed by atoms with van der Waals surface area (Å²) >= 11 is 0. The molecule has 1 aromatic rings. The van der Waals surface area contributed by atoms with Crippen LogP contribution in [0.4, 0.5) is 0 Å². The standard InChI is InChI=1S/C10H15N3O/c1-8-5-9(6-13(8)2)14-10-3-4-11-7-12-10/h3-4,7-9H,5-6H2,1-2H3. The molecule has 0 radical (unpaired) electrons. The van der Waals surface area contributed by atoms with Crippen LogP contribution in [-0.2, 0) is 0 Å².